The van der Waals surface area contributed by atoms with E-state index in [0.717, 1.165) is 0 Å². The van der Waals surface area contributed by atoms with E-state index < -0.39 is 70.0 Å². The maximum absolute atomic E-state index is 14.9. The van der Waals surface area contributed by atoms with Gasteiger partial charge in [-0.25, -0.2) is 17.6 Å². The summed E-state index contributed by atoms with van der Waals surface area (Å²) in [7, 11) is 0. The lowest BCUT2D eigenvalue weighted by molar-refractivity contribution is -0.613. The third kappa shape index (κ3) is 1.37. The number of ether oxygens (including phenoxy) is 1. The number of halogens is 16. The molecule has 0 heterocycles. The monoisotopic (exact) mass is 498 g/mol. The summed E-state index contributed by atoms with van der Waals surface area (Å²) in [5.74, 6) is -51.7. The van der Waals surface area contributed by atoms with E-state index in [2.05, 4.69) is 16.3 Å². The van der Waals surface area contributed by atoms with Crippen molar-refractivity contribution in [2.45, 2.75) is 58.1 Å². The molecule has 0 N–H and O–H groups in total. The Morgan fingerprint density at radius 1 is 0.533 bits per heavy atom. The molecule has 0 aromatic carbocycles. The van der Waals surface area contributed by atoms with Crippen LogP contribution in [0.15, 0.2) is 0 Å². The second-order valence-electron chi connectivity index (χ2n) is 6.71. The van der Waals surface area contributed by atoms with E-state index in [-0.39, 0.29) is 0 Å². The summed E-state index contributed by atoms with van der Waals surface area (Å²) in [5, 5.41) is 0. The maximum atomic E-state index is 14.9. The van der Waals surface area contributed by atoms with E-state index in [0.29, 0.717) is 0 Å². The molecule has 30 heavy (non-hydrogen) atoms. The SMILES string of the molecule is O=C(CCl)OC1(F)C2(F)C(F)(F)C3(F)C(F)(F)C(F)(C2(F)F)C(F)(F)C1(F)C3(F)F. The first kappa shape index (κ1) is 23.4. The Labute approximate surface area is 158 Å². The van der Waals surface area contributed by atoms with E-state index in [1.807, 2.05) is 0 Å². The van der Waals surface area contributed by atoms with Crippen LogP contribution in [0.3, 0.4) is 0 Å². The van der Waals surface area contributed by atoms with Crippen LogP contribution in [0.25, 0.3) is 0 Å². The quantitative estimate of drug-likeness (QED) is 0.319. The lowest BCUT2D eigenvalue weighted by Crippen LogP contribution is -3.09. The predicted octanol–water partition coefficient (Wildman–Crippen LogP) is 4.48. The Balaban J connectivity index is 2.66. The van der Waals surface area contributed by atoms with E-state index in [1.165, 1.54) is 0 Å². The molecule has 0 aromatic rings. The fourth-order valence-corrected chi connectivity index (χ4v) is 4.19. The van der Waals surface area contributed by atoms with Crippen molar-refractivity contribution in [2.24, 2.45) is 0 Å². The molecule has 4 bridgehead atoms. The molecule has 174 valence electrons. The summed E-state index contributed by atoms with van der Waals surface area (Å²) in [6.07, 6.45) is 0. The Bertz CT molecular complexity index is 751. The number of esters is 1. The fraction of sp³-hybridized carbons (Fsp3) is 0.917. The molecule has 0 aromatic heterocycles. The van der Waals surface area contributed by atoms with Gasteiger partial charge in [-0.05, 0) is 0 Å². The van der Waals surface area contributed by atoms with E-state index in [1.54, 1.807) is 0 Å². The number of rotatable bonds is 2. The van der Waals surface area contributed by atoms with Crippen LogP contribution >= 0.6 is 11.6 Å². The molecule has 4 rings (SSSR count). The van der Waals surface area contributed by atoms with Crippen molar-refractivity contribution in [3.8, 4) is 0 Å². The normalized spacial score (nSPS) is 50.9. The summed E-state index contributed by atoms with van der Waals surface area (Å²) in [6, 6.07) is 0. The topological polar surface area (TPSA) is 26.3 Å². The van der Waals surface area contributed by atoms with Crippen molar-refractivity contribution < 1.29 is 75.4 Å². The predicted molar refractivity (Wildman–Crippen MR) is 60.7 cm³/mol. The second-order valence-corrected chi connectivity index (χ2v) is 6.98. The zero-order valence-corrected chi connectivity index (χ0v) is 13.8. The minimum absolute atomic E-state index is 2.00. The van der Waals surface area contributed by atoms with Gasteiger partial charge in [0.05, 0.1) is 0 Å². The van der Waals surface area contributed by atoms with Gasteiger partial charge in [0, 0.05) is 0 Å². The Morgan fingerprint density at radius 2 is 0.767 bits per heavy atom. The first-order valence-corrected chi connectivity index (χ1v) is 7.60. The Morgan fingerprint density at radius 3 is 1.00 bits per heavy atom. The summed E-state index contributed by atoms with van der Waals surface area (Å²) in [6.45, 7) is 0. The van der Waals surface area contributed by atoms with Crippen molar-refractivity contribution in [1.29, 1.82) is 0 Å². The number of alkyl halides is 16. The molecule has 4 aliphatic carbocycles. The van der Waals surface area contributed by atoms with Crippen LogP contribution in [-0.4, -0.2) is 70.0 Å². The van der Waals surface area contributed by atoms with Crippen LogP contribution in [0.1, 0.15) is 0 Å². The lowest BCUT2D eigenvalue weighted by Gasteiger charge is -2.73. The molecule has 4 aliphatic rings. The first-order valence-electron chi connectivity index (χ1n) is 7.07. The summed E-state index contributed by atoms with van der Waals surface area (Å²) >= 11 is 4.60. The van der Waals surface area contributed by atoms with E-state index >= 15 is 0 Å². The summed E-state index contributed by atoms with van der Waals surface area (Å²) in [5.41, 5.74) is -31.0. The molecule has 0 spiro atoms. The van der Waals surface area contributed by atoms with Gasteiger partial charge in [-0.3, -0.25) is 4.79 Å². The van der Waals surface area contributed by atoms with Crippen molar-refractivity contribution in [1.82, 2.24) is 0 Å². The number of carbonyl (C=O) groups excluding carboxylic acids is 1. The molecular formula is C12H2ClF15O2. The molecule has 4 saturated carbocycles. The molecule has 0 amide bonds. The summed E-state index contributed by atoms with van der Waals surface area (Å²) < 4.78 is 217. The van der Waals surface area contributed by atoms with Crippen LogP contribution in [0.5, 0.6) is 0 Å². The van der Waals surface area contributed by atoms with Gasteiger partial charge in [0.25, 0.3) is 0 Å². The molecular weight excluding hydrogens is 497 g/mol. The molecule has 4 fully saturated rings. The molecule has 18 heteroatoms. The summed E-state index contributed by atoms with van der Waals surface area (Å²) in [4.78, 5) is 11.0. The van der Waals surface area contributed by atoms with Crippen LogP contribution in [0.4, 0.5) is 65.9 Å². The molecule has 0 atom stereocenters. The highest BCUT2D eigenvalue weighted by molar-refractivity contribution is 6.26. The zero-order chi connectivity index (χ0) is 24.0. The average Bonchev–Trinajstić information content (AvgIpc) is 2.60. The van der Waals surface area contributed by atoms with Crippen LogP contribution in [0.2, 0.25) is 0 Å². The standard InChI is InChI=1S/C12H2ClF15O2/c13-1-2(29)30-12(28)5(16)8(20,21)3(14)7(18,19)4(15,10(5,24)25)11(26,27)6(12,17)9(3,22)23/h1H2. The van der Waals surface area contributed by atoms with Crippen molar-refractivity contribution in [3.05, 3.63) is 0 Å². The zero-order valence-electron chi connectivity index (χ0n) is 13.1. The highest BCUT2D eigenvalue weighted by Crippen LogP contribution is 2.88. The van der Waals surface area contributed by atoms with Gasteiger partial charge in [0.15, 0.2) is 0 Å². The molecule has 2 nitrogen and oxygen atoms in total. The molecule has 0 radical (unpaired) electrons. The second kappa shape index (κ2) is 4.87. The Hall–Kier alpha value is -1.29. The van der Waals surface area contributed by atoms with Gasteiger partial charge >= 0.3 is 64.1 Å². The van der Waals surface area contributed by atoms with Crippen LogP contribution in [-0.2, 0) is 9.53 Å². The van der Waals surface area contributed by atoms with Crippen LogP contribution < -0.4 is 0 Å². The lowest BCUT2D eigenvalue weighted by atomic mass is 9.40. The van der Waals surface area contributed by atoms with Crippen LogP contribution in [0, 0.1) is 0 Å². The minimum Gasteiger partial charge on any atom is -0.419 e. The highest BCUT2D eigenvalue weighted by atomic mass is 35.5. The minimum atomic E-state index is -7.93. The van der Waals surface area contributed by atoms with E-state index in [9.17, 15) is 70.7 Å². The largest absolute Gasteiger partial charge is 0.419 e. The third-order valence-electron chi connectivity index (χ3n) is 5.58. The molecule has 0 saturated heterocycles. The number of hydrogen-bond donors (Lipinski definition) is 0. The fourth-order valence-electron chi connectivity index (χ4n) is 4.13. The number of hydrogen-bond acceptors (Lipinski definition) is 2. The van der Waals surface area contributed by atoms with Crippen molar-refractivity contribution >= 4 is 17.6 Å². The van der Waals surface area contributed by atoms with Gasteiger partial charge in [-0.1, -0.05) is 0 Å². The Kier molecular flexibility index (Phi) is 3.79. The average molecular weight is 499 g/mol. The first-order chi connectivity index (χ1) is 13.0. The molecule has 0 aliphatic heterocycles. The van der Waals surface area contributed by atoms with Gasteiger partial charge in [0.2, 0.25) is 0 Å². The van der Waals surface area contributed by atoms with Crippen molar-refractivity contribution in [3.63, 3.8) is 0 Å². The smallest absolute Gasteiger partial charge is 0.343 e. The van der Waals surface area contributed by atoms with Gasteiger partial charge in [0.1, 0.15) is 5.88 Å². The van der Waals surface area contributed by atoms with Crippen molar-refractivity contribution in [2.75, 3.05) is 5.88 Å². The van der Waals surface area contributed by atoms with Gasteiger partial charge in [-0.2, -0.15) is 48.3 Å². The van der Waals surface area contributed by atoms with E-state index in [4.69, 9.17) is 0 Å². The van der Waals surface area contributed by atoms with Gasteiger partial charge in [-0.15, -0.1) is 11.6 Å². The third-order valence-corrected chi connectivity index (χ3v) is 5.79. The molecule has 0 unspecified atom stereocenters. The maximum Gasteiger partial charge on any atom is 0.343 e. The number of carbonyl (C=O) groups is 1. The highest BCUT2D eigenvalue weighted by Gasteiger charge is 3.24. The van der Waals surface area contributed by atoms with Gasteiger partial charge < -0.3 is 4.74 Å².